The molecule has 0 aromatic carbocycles. The number of fused-ring (bicyclic) bond motifs is 5. The molecule has 4 nitrogen and oxygen atoms in total. The maximum Gasteiger partial charge on any atom is 0.337 e. The molecule has 0 saturated heterocycles. The molecule has 0 spiro atoms. The highest BCUT2D eigenvalue weighted by molar-refractivity contribution is 6.39. The minimum absolute atomic E-state index is 0.0508. The number of aldehydes is 1. The third-order valence-corrected chi connectivity index (χ3v) is 9.41. The van der Waals surface area contributed by atoms with Crippen LogP contribution in [0.5, 0.6) is 0 Å². The summed E-state index contributed by atoms with van der Waals surface area (Å²) in [5, 5.41) is 0. The van der Waals surface area contributed by atoms with E-state index in [-0.39, 0.29) is 23.0 Å². The first-order valence-corrected chi connectivity index (χ1v) is 10.6. The van der Waals surface area contributed by atoms with Gasteiger partial charge >= 0.3 is 5.71 Å². The standard InChI is InChI=1S/C22H32N2O2/c1-13(12-25)15-6-7-16-14-4-5-18-20(24-23)19(26)9-11-22(18,3)17(14)8-10-21(15,16)2/h12-18H,4-11H2,1-3H3/t13-,14+,15+,16+,17+,18-,21-,22+/m0/s1. The molecule has 0 amide bonds. The van der Waals surface area contributed by atoms with Gasteiger partial charge in [-0.2, -0.15) is 4.79 Å². The smallest absolute Gasteiger partial charge is 0.337 e. The molecule has 4 fully saturated rings. The third kappa shape index (κ3) is 2.27. The lowest BCUT2D eigenvalue weighted by atomic mass is 9.44. The number of rotatable bonds is 2. The summed E-state index contributed by atoms with van der Waals surface area (Å²) in [5.41, 5.74) is 10.3. The van der Waals surface area contributed by atoms with E-state index in [1.165, 1.54) is 32.0 Å². The molecule has 0 heterocycles. The van der Waals surface area contributed by atoms with Crippen molar-refractivity contribution in [2.24, 2.45) is 46.3 Å². The monoisotopic (exact) mass is 356 g/mol. The van der Waals surface area contributed by atoms with Gasteiger partial charge in [-0.25, -0.2) is 0 Å². The highest BCUT2D eigenvalue weighted by Gasteiger charge is 2.63. The van der Waals surface area contributed by atoms with E-state index in [1.807, 2.05) is 0 Å². The summed E-state index contributed by atoms with van der Waals surface area (Å²) in [6.07, 6.45) is 9.58. The predicted molar refractivity (Wildman–Crippen MR) is 99.5 cm³/mol. The van der Waals surface area contributed by atoms with Crippen LogP contribution in [0.15, 0.2) is 0 Å². The van der Waals surface area contributed by atoms with Crippen LogP contribution >= 0.6 is 0 Å². The number of nitrogens with zero attached hydrogens (tertiary/aromatic N) is 2. The topological polar surface area (TPSA) is 70.5 Å². The maximum absolute atomic E-state index is 12.2. The Morgan fingerprint density at radius 3 is 2.50 bits per heavy atom. The summed E-state index contributed by atoms with van der Waals surface area (Å²) in [6.45, 7) is 6.91. The van der Waals surface area contributed by atoms with E-state index in [9.17, 15) is 15.1 Å². The van der Waals surface area contributed by atoms with Crippen molar-refractivity contribution in [2.75, 3.05) is 0 Å². The fraction of sp³-hybridized carbons (Fsp3) is 0.864. The van der Waals surface area contributed by atoms with Crippen LogP contribution in [-0.4, -0.2) is 22.6 Å². The van der Waals surface area contributed by atoms with E-state index in [0.29, 0.717) is 41.2 Å². The maximum atomic E-state index is 12.2. The number of ketones is 1. The van der Waals surface area contributed by atoms with Gasteiger partial charge in [0.2, 0.25) is 5.78 Å². The first-order chi connectivity index (χ1) is 12.4. The van der Waals surface area contributed by atoms with Crippen molar-refractivity contribution in [3.63, 3.8) is 0 Å². The van der Waals surface area contributed by atoms with Crippen molar-refractivity contribution in [2.45, 2.75) is 72.1 Å². The molecule has 0 aliphatic heterocycles. The Morgan fingerprint density at radius 1 is 1.08 bits per heavy atom. The van der Waals surface area contributed by atoms with Crippen LogP contribution in [0.2, 0.25) is 0 Å². The van der Waals surface area contributed by atoms with Crippen molar-refractivity contribution < 1.29 is 14.4 Å². The van der Waals surface area contributed by atoms with Crippen molar-refractivity contribution in [1.29, 1.82) is 0 Å². The van der Waals surface area contributed by atoms with Gasteiger partial charge in [-0.15, -0.1) is 0 Å². The van der Waals surface area contributed by atoms with E-state index in [4.69, 9.17) is 0 Å². The minimum atomic E-state index is 0.0508. The average Bonchev–Trinajstić information content (AvgIpc) is 2.99. The second-order valence-electron chi connectivity index (χ2n) is 10.1. The zero-order chi connectivity index (χ0) is 18.7. The Kier molecular flexibility index (Phi) is 4.26. The van der Waals surface area contributed by atoms with Crippen molar-refractivity contribution in [1.82, 2.24) is 0 Å². The Balaban J connectivity index is 1.65. The molecule has 0 radical (unpaired) electrons. The molecule has 4 aliphatic carbocycles. The fourth-order valence-electron chi connectivity index (χ4n) is 8.09. The van der Waals surface area contributed by atoms with Gasteiger partial charge in [0.1, 0.15) is 6.29 Å². The van der Waals surface area contributed by atoms with Crippen LogP contribution in [-0.2, 0) is 9.59 Å². The lowest BCUT2D eigenvalue weighted by molar-refractivity contribution is -0.134. The van der Waals surface area contributed by atoms with E-state index < -0.39 is 0 Å². The molecule has 4 aliphatic rings. The molecular weight excluding hydrogens is 324 g/mol. The van der Waals surface area contributed by atoms with Gasteiger partial charge in [-0.1, -0.05) is 20.8 Å². The fourth-order valence-corrected chi connectivity index (χ4v) is 8.09. The molecule has 0 aromatic heterocycles. The Morgan fingerprint density at radius 2 is 1.81 bits per heavy atom. The highest BCUT2D eigenvalue weighted by atomic mass is 16.1. The predicted octanol–water partition coefficient (Wildman–Crippen LogP) is 4.33. The van der Waals surface area contributed by atoms with Crippen LogP contribution in [0.1, 0.15) is 72.1 Å². The molecule has 8 atom stereocenters. The molecule has 4 heteroatoms. The lowest BCUT2D eigenvalue weighted by Crippen LogP contribution is -2.56. The molecule has 4 rings (SSSR count). The summed E-state index contributed by atoms with van der Waals surface area (Å²) >= 11 is 0. The van der Waals surface area contributed by atoms with E-state index in [2.05, 4.69) is 25.6 Å². The number of Topliss-reactive ketones (excluding diaryl/α,β-unsaturated/α-hetero) is 1. The van der Waals surface area contributed by atoms with E-state index >= 15 is 0 Å². The van der Waals surface area contributed by atoms with Gasteiger partial charge in [-0.05, 0) is 79.4 Å². The second kappa shape index (κ2) is 6.12. The van der Waals surface area contributed by atoms with Crippen molar-refractivity contribution in [3.05, 3.63) is 5.53 Å². The summed E-state index contributed by atoms with van der Waals surface area (Å²) in [4.78, 5) is 27.2. The normalized spacial score (nSPS) is 48.8. The Hall–Kier alpha value is -1.28. The zero-order valence-corrected chi connectivity index (χ0v) is 16.4. The number of carbonyl (C=O) groups is 2. The quantitative estimate of drug-likeness (QED) is 0.420. The molecule has 0 N–H and O–H groups in total. The first-order valence-electron chi connectivity index (χ1n) is 10.6. The van der Waals surface area contributed by atoms with Crippen LogP contribution in [0.25, 0.3) is 5.53 Å². The third-order valence-electron chi connectivity index (χ3n) is 9.41. The second-order valence-corrected chi connectivity index (χ2v) is 10.1. The Bertz CT molecular complexity index is 682. The van der Waals surface area contributed by atoms with Gasteiger partial charge in [0.05, 0.1) is 5.92 Å². The number of hydrogen-bond donors (Lipinski definition) is 0. The molecule has 142 valence electrons. The molecule has 0 bridgehead atoms. The molecular formula is C22H32N2O2. The van der Waals surface area contributed by atoms with Gasteiger partial charge in [0.15, 0.2) is 0 Å². The van der Waals surface area contributed by atoms with Crippen molar-refractivity contribution in [3.8, 4) is 0 Å². The zero-order valence-electron chi connectivity index (χ0n) is 16.4. The van der Waals surface area contributed by atoms with Crippen LogP contribution in [0.3, 0.4) is 0 Å². The van der Waals surface area contributed by atoms with Crippen molar-refractivity contribution >= 4 is 17.8 Å². The highest BCUT2D eigenvalue weighted by Crippen LogP contribution is 2.67. The SMILES string of the molecule is C[C@@H](C=O)[C@H]1CC[C@@H]2[C@H]3CC[C@H]4C(=[N+]=[N-])C(=O)CC[C@]4(C)[C@@H]3CC[C@]21C. The molecule has 4 saturated carbocycles. The van der Waals surface area contributed by atoms with Crippen LogP contribution in [0.4, 0.5) is 0 Å². The van der Waals surface area contributed by atoms with Gasteiger partial charge in [0.25, 0.3) is 0 Å². The summed E-state index contributed by atoms with van der Waals surface area (Å²) < 4.78 is 0. The number of hydrogen-bond acceptors (Lipinski definition) is 2. The summed E-state index contributed by atoms with van der Waals surface area (Å²) in [6, 6.07) is 0. The number of carbonyl (C=O) groups excluding carboxylic acids is 2. The largest absolute Gasteiger partial charge is 0.361 e. The average molecular weight is 357 g/mol. The van der Waals surface area contributed by atoms with E-state index in [0.717, 1.165) is 19.3 Å². The van der Waals surface area contributed by atoms with Gasteiger partial charge < -0.3 is 10.3 Å². The van der Waals surface area contributed by atoms with Crippen LogP contribution < -0.4 is 0 Å². The summed E-state index contributed by atoms with van der Waals surface area (Å²) in [7, 11) is 0. The minimum Gasteiger partial charge on any atom is -0.361 e. The summed E-state index contributed by atoms with van der Waals surface area (Å²) in [5.74, 6) is 2.90. The van der Waals surface area contributed by atoms with Gasteiger partial charge in [0, 0.05) is 12.3 Å². The van der Waals surface area contributed by atoms with Crippen LogP contribution in [0, 0.1) is 46.3 Å². The first kappa shape index (κ1) is 18.1. The molecule has 0 unspecified atom stereocenters. The Labute approximate surface area is 156 Å². The van der Waals surface area contributed by atoms with E-state index in [1.54, 1.807) is 0 Å². The van der Waals surface area contributed by atoms with Gasteiger partial charge in [-0.3, -0.25) is 4.79 Å². The lowest BCUT2D eigenvalue weighted by Gasteiger charge is -2.59. The molecule has 0 aromatic rings. The molecule has 26 heavy (non-hydrogen) atoms.